The van der Waals surface area contributed by atoms with Gasteiger partial charge in [0.1, 0.15) is 0 Å². The second kappa shape index (κ2) is 7.49. The molecule has 0 amide bonds. The molecule has 106 valence electrons. The van der Waals surface area contributed by atoms with E-state index in [1.807, 2.05) is 18.2 Å². The van der Waals surface area contributed by atoms with Gasteiger partial charge < -0.3 is 10.2 Å². The van der Waals surface area contributed by atoms with Crippen molar-refractivity contribution < 1.29 is 0 Å². The van der Waals surface area contributed by atoms with Gasteiger partial charge in [0.15, 0.2) is 0 Å². The lowest BCUT2D eigenvalue weighted by Crippen LogP contribution is -2.35. The maximum atomic E-state index is 6.16. The number of halogens is 2. The quantitative estimate of drug-likeness (QED) is 0.838. The Labute approximate surface area is 126 Å². The molecule has 1 aromatic rings. The van der Waals surface area contributed by atoms with E-state index in [0.29, 0.717) is 5.02 Å². The van der Waals surface area contributed by atoms with Crippen LogP contribution in [0.4, 0.5) is 0 Å². The van der Waals surface area contributed by atoms with Crippen molar-refractivity contribution in [3.8, 4) is 0 Å². The molecular formula is C15H22Cl2N2. The highest BCUT2D eigenvalue weighted by Gasteiger charge is 2.15. The molecule has 0 unspecified atom stereocenters. The van der Waals surface area contributed by atoms with Crippen LogP contribution in [0.1, 0.15) is 18.4 Å². The Morgan fingerprint density at radius 3 is 2.68 bits per heavy atom. The molecule has 2 rings (SSSR count). The van der Waals surface area contributed by atoms with Crippen molar-refractivity contribution in [2.24, 2.45) is 5.92 Å². The fourth-order valence-electron chi connectivity index (χ4n) is 2.52. The summed E-state index contributed by atoms with van der Waals surface area (Å²) >= 11 is 12.0. The Kier molecular flexibility index (Phi) is 5.96. The molecule has 1 fully saturated rings. The van der Waals surface area contributed by atoms with E-state index in [9.17, 15) is 0 Å². The number of nitrogens with one attached hydrogen (secondary N) is 1. The molecule has 0 aliphatic carbocycles. The van der Waals surface area contributed by atoms with E-state index in [1.54, 1.807) is 0 Å². The van der Waals surface area contributed by atoms with Crippen molar-refractivity contribution in [2.45, 2.75) is 19.3 Å². The van der Waals surface area contributed by atoms with Crippen LogP contribution in [0.25, 0.3) is 0 Å². The smallest absolute Gasteiger partial charge is 0.0453 e. The van der Waals surface area contributed by atoms with Gasteiger partial charge in [0, 0.05) is 10.0 Å². The number of hydrogen-bond donors (Lipinski definition) is 1. The van der Waals surface area contributed by atoms with Gasteiger partial charge >= 0.3 is 0 Å². The second-order valence-corrected chi connectivity index (χ2v) is 6.28. The van der Waals surface area contributed by atoms with E-state index in [-0.39, 0.29) is 0 Å². The lowest BCUT2D eigenvalue weighted by atomic mass is 9.97. The Hall–Kier alpha value is -0.280. The van der Waals surface area contributed by atoms with Crippen LogP contribution in [0.2, 0.25) is 10.0 Å². The van der Waals surface area contributed by atoms with Gasteiger partial charge in [-0.2, -0.15) is 0 Å². The summed E-state index contributed by atoms with van der Waals surface area (Å²) in [4.78, 5) is 2.41. The van der Waals surface area contributed by atoms with Crippen molar-refractivity contribution in [1.82, 2.24) is 10.2 Å². The summed E-state index contributed by atoms with van der Waals surface area (Å²) in [6, 6.07) is 5.73. The predicted octanol–water partition coefficient (Wildman–Crippen LogP) is 3.47. The van der Waals surface area contributed by atoms with Crippen LogP contribution in [-0.4, -0.2) is 38.1 Å². The molecule has 0 saturated carbocycles. The zero-order valence-corrected chi connectivity index (χ0v) is 13.0. The topological polar surface area (TPSA) is 15.3 Å². The molecule has 1 aromatic carbocycles. The average molecular weight is 301 g/mol. The zero-order chi connectivity index (χ0) is 13.7. The first kappa shape index (κ1) is 15.1. The van der Waals surface area contributed by atoms with Crippen molar-refractivity contribution in [3.63, 3.8) is 0 Å². The van der Waals surface area contributed by atoms with Gasteiger partial charge in [0.25, 0.3) is 0 Å². The van der Waals surface area contributed by atoms with E-state index in [2.05, 4.69) is 17.3 Å². The minimum absolute atomic E-state index is 0.702. The Bertz CT molecular complexity index is 401. The van der Waals surface area contributed by atoms with Crippen LogP contribution in [-0.2, 0) is 6.42 Å². The van der Waals surface area contributed by atoms with Crippen LogP contribution in [0.15, 0.2) is 18.2 Å². The van der Waals surface area contributed by atoms with Crippen LogP contribution in [0.3, 0.4) is 0 Å². The lowest BCUT2D eigenvalue weighted by Gasteiger charge is -2.29. The normalized spacial score (nSPS) is 17.8. The van der Waals surface area contributed by atoms with Gasteiger partial charge in [-0.25, -0.2) is 0 Å². The number of benzene rings is 1. The highest BCUT2D eigenvalue weighted by Crippen LogP contribution is 2.21. The van der Waals surface area contributed by atoms with Crippen LogP contribution >= 0.6 is 23.2 Å². The minimum Gasteiger partial charge on any atom is -0.316 e. The lowest BCUT2D eigenvalue weighted by molar-refractivity contribution is 0.216. The largest absolute Gasteiger partial charge is 0.316 e. The van der Waals surface area contributed by atoms with Gasteiger partial charge in [-0.1, -0.05) is 29.3 Å². The highest BCUT2D eigenvalue weighted by atomic mass is 35.5. The van der Waals surface area contributed by atoms with E-state index in [4.69, 9.17) is 23.2 Å². The second-order valence-electron chi connectivity index (χ2n) is 5.44. The van der Waals surface area contributed by atoms with Crippen molar-refractivity contribution in [3.05, 3.63) is 33.8 Å². The molecule has 0 aromatic heterocycles. The number of piperidine rings is 1. The van der Waals surface area contributed by atoms with Crippen LogP contribution in [0, 0.1) is 5.92 Å². The van der Waals surface area contributed by atoms with Gasteiger partial charge in [-0.05, 0) is 76.1 Å². The number of hydrogen-bond acceptors (Lipinski definition) is 2. The molecule has 0 spiro atoms. The summed E-state index contributed by atoms with van der Waals surface area (Å²) in [5.74, 6) is 0.830. The third-order valence-corrected chi connectivity index (χ3v) is 4.44. The van der Waals surface area contributed by atoms with Crippen molar-refractivity contribution in [1.29, 1.82) is 0 Å². The number of nitrogens with zero attached hydrogens (tertiary/aromatic N) is 1. The first-order chi connectivity index (χ1) is 9.15. The maximum absolute atomic E-state index is 6.16. The molecule has 19 heavy (non-hydrogen) atoms. The molecule has 0 atom stereocenters. The third kappa shape index (κ3) is 4.96. The standard InChI is InChI=1S/C15H22Cl2N2/c1-19-8-5-12(6-9-19)11-18-7-4-13-2-3-14(16)10-15(13)17/h2-3,10,12,18H,4-9,11H2,1H3. The van der Waals surface area contributed by atoms with E-state index in [0.717, 1.165) is 30.5 Å². The van der Waals surface area contributed by atoms with E-state index >= 15 is 0 Å². The van der Waals surface area contributed by atoms with Crippen molar-refractivity contribution >= 4 is 23.2 Å². The van der Waals surface area contributed by atoms with Crippen molar-refractivity contribution in [2.75, 3.05) is 33.2 Å². The molecule has 1 aliphatic rings. The number of rotatable bonds is 5. The molecule has 0 bridgehead atoms. The average Bonchev–Trinajstić information content (AvgIpc) is 2.39. The fraction of sp³-hybridized carbons (Fsp3) is 0.600. The fourth-order valence-corrected chi connectivity index (χ4v) is 3.02. The summed E-state index contributed by atoms with van der Waals surface area (Å²) in [6.45, 7) is 4.57. The van der Waals surface area contributed by atoms with Crippen LogP contribution < -0.4 is 5.32 Å². The van der Waals surface area contributed by atoms with Gasteiger partial charge in [0.05, 0.1) is 0 Å². The maximum Gasteiger partial charge on any atom is 0.0453 e. The molecular weight excluding hydrogens is 279 g/mol. The monoisotopic (exact) mass is 300 g/mol. The summed E-state index contributed by atoms with van der Waals surface area (Å²) in [7, 11) is 2.20. The first-order valence-electron chi connectivity index (χ1n) is 6.98. The van der Waals surface area contributed by atoms with E-state index in [1.165, 1.54) is 31.5 Å². The molecule has 4 heteroatoms. The minimum atomic E-state index is 0.702. The van der Waals surface area contributed by atoms with Gasteiger partial charge in [-0.3, -0.25) is 0 Å². The Balaban J connectivity index is 1.66. The molecule has 1 saturated heterocycles. The number of likely N-dealkylation sites (tertiary alicyclic amines) is 1. The molecule has 0 radical (unpaired) electrons. The summed E-state index contributed by atoms with van der Waals surface area (Å²) in [6.07, 6.45) is 3.58. The highest BCUT2D eigenvalue weighted by molar-refractivity contribution is 6.35. The van der Waals surface area contributed by atoms with Crippen LogP contribution in [0.5, 0.6) is 0 Å². The SMILES string of the molecule is CN1CCC(CNCCc2ccc(Cl)cc2Cl)CC1. The molecule has 2 nitrogen and oxygen atoms in total. The van der Waals surface area contributed by atoms with Gasteiger partial charge in [0.2, 0.25) is 0 Å². The zero-order valence-electron chi connectivity index (χ0n) is 11.5. The summed E-state index contributed by atoms with van der Waals surface area (Å²) in [5.41, 5.74) is 1.17. The summed E-state index contributed by atoms with van der Waals surface area (Å²) in [5, 5.41) is 5.02. The summed E-state index contributed by atoms with van der Waals surface area (Å²) < 4.78 is 0. The van der Waals surface area contributed by atoms with E-state index < -0.39 is 0 Å². The first-order valence-corrected chi connectivity index (χ1v) is 7.74. The molecule has 1 N–H and O–H groups in total. The Morgan fingerprint density at radius 1 is 1.26 bits per heavy atom. The molecule has 1 aliphatic heterocycles. The molecule has 1 heterocycles. The Morgan fingerprint density at radius 2 is 2.00 bits per heavy atom. The third-order valence-electron chi connectivity index (χ3n) is 3.86. The predicted molar refractivity (Wildman–Crippen MR) is 83.3 cm³/mol. The van der Waals surface area contributed by atoms with Gasteiger partial charge in [-0.15, -0.1) is 0 Å².